The van der Waals surface area contributed by atoms with E-state index in [4.69, 9.17) is 9.88 Å². The Morgan fingerprint density at radius 3 is 2.55 bits per heavy atom. The Hall–Kier alpha value is -2.75. The number of amides is 1. The summed E-state index contributed by atoms with van der Waals surface area (Å²) in [5.41, 5.74) is 2.08. The van der Waals surface area contributed by atoms with Crippen LogP contribution in [-0.4, -0.2) is 26.6 Å². The van der Waals surface area contributed by atoms with E-state index in [0.29, 0.717) is 34.9 Å². The first-order valence-corrected chi connectivity index (χ1v) is 10.8. The van der Waals surface area contributed by atoms with Gasteiger partial charge >= 0.3 is 0 Å². The van der Waals surface area contributed by atoms with Gasteiger partial charge in [0.15, 0.2) is 0 Å². The van der Waals surface area contributed by atoms with E-state index < -0.39 is 10.0 Å². The van der Waals surface area contributed by atoms with Gasteiger partial charge in [0.25, 0.3) is 5.91 Å². The molecule has 1 aliphatic rings. The fraction of sp³-hybridized carbons (Fsp3) is 0.100. The Kier molecular flexibility index (Phi) is 6.02. The molecule has 0 saturated carbocycles. The van der Waals surface area contributed by atoms with E-state index in [9.17, 15) is 13.2 Å². The van der Waals surface area contributed by atoms with Crippen LogP contribution in [0.5, 0.6) is 5.75 Å². The molecule has 0 aromatic heterocycles. The van der Waals surface area contributed by atoms with Crippen LogP contribution in [0.3, 0.4) is 0 Å². The molecule has 0 fully saturated rings. The van der Waals surface area contributed by atoms with E-state index in [1.165, 1.54) is 29.3 Å². The molecule has 2 N–H and O–H groups in total. The second-order valence-corrected chi connectivity index (χ2v) is 8.66. The van der Waals surface area contributed by atoms with Crippen molar-refractivity contribution in [3.8, 4) is 5.75 Å². The van der Waals surface area contributed by atoms with Crippen LogP contribution >= 0.6 is 15.9 Å². The lowest BCUT2D eigenvalue weighted by atomic mass is 10.1. The van der Waals surface area contributed by atoms with Crippen LogP contribution in [0.1, 0.15) is 12.5 Å². The second-order valence-electron chi connectivity index (χ2n) is 6.18. The van der Waals surface area contributed by atoms with Crippen LogP contribution in [0.2, 0.25) is 0 Å². The zero-order valence-corrected chi connectivity index (χ0v) is 17.9. The van der Waals surface area contributed by atoms with Crippen molar-refractivity contribution in [1.29, 1.82) is 0 Å². The smallest absolute Gasteiger partial charge is 0.280 e. The molecule has 0 aliphatic carbocycles. The minimum Gasteiger partial charge on any atom is -0.489 e. The number of primary sulfonamides is 1. The molecule has 0 bridgehead atoms. The Morgan fingerprint density at radius 1 is 1.24 bits per heavy atom. The third-order valence-electron chi connectivity index (χ3n) is 4.10. The molecular formula is C20H18BrN3O4S. The molecule has 0 unspecified atom stereocenters. The number of carbonyl (C=O) groups excluding carboxylic acids is 1. The molecular weight excluding hydrogens is 458 g/mol. The van der Waals surface area contributed by atoms with Gasteiger partial charge in [-0.1, -0.05) is 28.6 Å². The van der Waals surface area contributed by atoms with Gasteiger partial charge in [0.05, 0.1) is 21.9 Å². The van der Waals surface area contributed by atoms with E-state index in [1.807, 2.05) is 12.1 Å². The summed E-state index contributed by atoms with van der Waals surface area (Å²) in [6, 6.07) is 11.1. The van der Waals surface area contributed by atoms with E-state index >= 15 is 0 Å². The van der Waals surface area contributed by atoms with Crippen LogP contribution in [0.15, 0.2) is 75.2 Å². The summed E-state index contributed by atoms with van der Waals surface area (Å²) >= 11 is 3.43. The van der Waals surface area contributed by atoms with Gasteiger partial charge in [0, 0.05) is 10.0 Å². The number of ether oxygens (including phenoxy) is 1. The Morgan fingerprint density at radius 2 is 1.93 bits per heavy atom. The summed E-state index contributed by atoms with van der Waals surface area (Å²) in [6.45, 7) is 5.70. The van der Waals surface area contributed by atoms with E-state index in [-0.39, 0.29) is 10.8 Å². The number of sulfonamides is 1. The van der Waals surface area contributed by atoms with Crippen molar-refractivity contribution in [3.05, 3.63) is 70.7 Å². The molecule has 29 heavy (non-hydrogen) atoms. The topological polar surface area (TPSA) is 102 Å². The van der Waals surface area contributed by atoms with Gasteiger partial charge in [-0.2, -0.15) is 10.1 Å². The largest absolute Gasteiger partial charge is 0.489 e. The van der Waals surface area contributed by atoms with Crippen molar-refractivity contribution < 1.29 is 17.9 Å². The van der Waals surface area contributed by atoms with Crippen molar-refractivity contribution in [2.75, 3.05) is 11.6 Å². The van der Waals surface area contributed by atoms with E-state index in [2.05, 4.69) is 27.6 Å². The number of hydrogen-bond acceptors (Lipinski definition) is 5. The lowest BCUT2D eigenvalue weighted by Gasteiger charge is -2.12. The first kappa shape index (κ1) is 21.0. The molecule has 0 spiro atoms. The van der Waals surface area contributed by atoms with Crippen molar-refractivity contribution in [2.24, 2.45) is 10.2 Å². The number of anilines is 1. The number of carbonyl (C=O) groups is 1. The van der Waals surface area contributed by atoms with Gasteiger partial charge < -0.3 is 4.74 Å². The molecule has 150 valence electrons. The third kappa shape index (κ3) is 4.64. The number of benzene rings is 2. The zero-order valence-electron chi connectivity index (χ0n) is 15.5. The van der Waals surface area contributed by atoms with Crippen LogP contribution in [0.4, 0.5) is 5.69 Å². The van der Waals surface area contributed by atoms with Gasteiger partial charge in [-0.25, -0.2) is 13.6 Å². The van der Waals surface area contributed by atoms with Crippen molar-refractivity contribution in [1.82, 2.24) is 0 Å². The summed E-state index contributed by atoms with van der Waals surface area (Å²) in [6.07, 6.45) is 3.35. The monoisotopic (exact) mass is 475 g/mol. The lowest BCUT2D eigenvalue weighted by molar-refractivity contribution is -0.114. The van der Waals surface area contributed by atoms with Crippen LogP contribution < -0.4 is 14.9 Å². The number of rotatable bonds is 6. The maximum Gasteiger partial charge on any atom is 0.280 e. The highest BCUT2D eigenvalue weighted by molar-refractivity contribution is 9.10. The Labute approximate surface area is 177 Å². The molecule has 1 aliphatic heterocycles. The fourth-order valence-corrected chi connectivity index (χ4v) is 3.60. The lowest BCUT2D eigenvalue weighted by Crippen LogP contribution is -2.21. The standard InChI is InChI=1S/C20H18BrN3O4S/c1-3-10-28-19-9-4-15(21)11-14(19)12-18-13(2)23-24(20(18)25)16-5-7-17(8-6-16)29(22,26)27/h3-9,11-12H,1,10H2,2H3,(H2,22,26,27)/b18-12-. The predicted octanol–water partition coefficient (Wildman–Crippen LogP) is 3.47. The minimum absolute atomic E-state index is 0.0393. The van der Waals surface area contributed by atoms with Gasteiger partial charge in [-0.15, -0.1) is 0 Å². The number of hydrogen-bond donors (Lipinski definition) is 1. The molecule has 0 saturated heterocycles. The molecule has 9 heteroatoms. The molecule has 0 radical (unpaired) electrons. The highest BCUT2D eigenvalue weighted by atomic mass is 79.9. The fourth-order valence-electron chi connectivity index (χ4n) is 2.70. The molecule has 0 atom stereocenters. The summed E-state index contributed by atoms with van der Waals surface area (Å²) in [4.78, 5) is 12.9. The van der Waals surface area contributed by atoms with Crippen LogP contribution in [-0.2, 0) is 14.8 Å². The first-order chi connectivity index (χ1) is 13.7. The van der Waals surface area contributed by atoms with Crippen molar-refractivity contribution >= 4 is 49.3 Å². The maximum absolute atomic E-state index is 12.9. The maximum atomic E-state index is 12.9. The van der Waals surface area contributed by atoms with E-state index in [1.54, 1.807) is 25.1 Å². The van der Waals surface area contributed by atoms with Crippen LogP contribution in [0.25, 0.3) is 6.08 Å². The Balaban J connectivity index is 1.94. The molecule has 7 nitrogen and oxygen atoms in total. The third-order valence-corrected chi connectivity index (χ3v) is 5.52. The number of halogens is 1. The number of hydrazone groups is 1. The molecule has 1 heterocycles. The van der Waals surface area contributed by atoms with E-state index in [0.717, 1.165) is 4.47 Å². The molecule has 1 amide bonds. The van der Waals surface area contributed by atoms with Gasteiger partial charge in [0.1, 0.15) is 12.4 Å². The van der Waals surface area contributed by atoms with Gasteiger partial charge in [-0.05, 0) is 55.5 Å². The summed E-state index contributed by atoms with van der Waals surface area (Å²) < 4.78 is 29.3. The van der Waals surface area contributed by atoms with Crippen molar-refractivity contribution in [2.45, 2.75) is 11.8 Å². The normalized spacial score (nSPS) is 15.6. The quantitative estimate of drug-likeness (QED) is 0.510. The summed E-state index contributed by atoms with van der Waals surface area (Å²) in [7, 11) is -3.81. The number of nitrogens with two attached hydrogens (primary N) is 1. The molecule has 3 rings (SSSR count). The highest BCUT2D eigenvalue weighted by Crippen LogP contribution is 2.30. The molecule has 2 aromatic carbocycles. The Bertz CT molecular complexity index is 1140. The van der Waals surface area contributed by atoms with Crippen molar-refractivity contribution in [3.63, 3.8) is 0 Å². The predicted molar refractivity (Wildman–Crippen MR) is 116 cm³/mol. The highest BCUT2D eigenvalue weighted by Gasteiger charge is 2.29. The van der Waals surface area contributed by atoms with Crippen LogP contribution in [0, 0.1) is 0 Å². The average Bonchev–Trinajstić information content (AvgIpc) is 2.95. The molecule has 2 aromatic rings. The number of nitrogens with zero attached hydrogens (tertiary/aromatic N) is 2. The average molecular weight is 476 g/mol. The minimum atomic E-state index is -3.81. The van der Waals surface area contributed by atoms with Gasteiger partial charge in [-0.3, -0.25) is 4.79 Å². The summed E-state index contributed by atoms with van der Waals surface area (Å²) in [5.74, 6) is 0.276. The first-order valence-electron chi connectivity index (χ1n) is 8.48. The second kappa shape index (κ2) is 8.32. The SMILES string of the molecule is C=CCOc1ccc(Br)cc1/C=C1\C(=O)N(c2ccc(S(N)(=O)=O)cc2)N=C1C. The van der Waals surface area contributed by atoms with Gasteiger partial charge in [0.2, 0.25) is 10.0 Å². The summed E-state index contributed by atoms with van der Waals surface area (Å²) in [5, 5.41) is 10.6. The zero-order chi connectivity index (χ0) is 21.2.